The Labute approximate surface area is 85.9 Å². The quantitative estimate of drug-likeness (QED) is 0.792. The van der Waals surface area contributed by atoms with Gasteiger partial charge in [-0.3, -0.25) is 4.98 Å². The van der Waals surface area contributed by atoms with Gasteiger partial charge in [0.2, 0.25) is 0 Å². The van der Waals surface area contributed by atoms with Gasteiger partial charge < -0.3 is 5.73 Å². The fourth-order valence-corrected chi connectivity index (χ4v) is 1.15. The maximum Gasteiger partial charge on any atom is 0.0340 e. The van der Waals surface area contributed by atoms with Crippen molar-refractivity contribution in [3.8, 4) is 0 Å². The summed E-state index contributed by atoms with van der Waals surface area (Å²) < 4.78 is 0. The molecule has 0 aliphatic rings. The molecule has 0 aliphatic heterocycles. The molecule has 0 fully saturated rings. The van der Waals surface area contributed by atoms with Crippen molar-refractivity contribution < 1.29 is 0 Å². The van der Waals surface area contributed by atoms with E-state index < -0.39 is 0 Å². The van der Waals surface area contributed by atoms with Gasteiger partial charge in [-0.25, -0.2) is 0 Å². The first-order valence-corrected chi connectivity index (χ1v) is 4.93. The van der Waals surface area contributed by atoms with Crippen LogP contribution in [-0.2, 0) is 0 Å². The molecular weight excluding hydrogens is 172 g/mol. The third kappa shape index (κ3) is 4.77. The van der Waals surface area contributed by atoms with Gasteiger partial charge in [-0.15, -0.1) is 0 Å². The van der Waals surface area contributed by atoms with Crippen LogP contribution in [0.3, 0.4) is 0 Å². The first kappa shape index (κ1) is 10.9. The fraction of sp³-hybridized carbons (Fsp3) is 0.417. The monoisotopic (exact) mass is 190 g/mol. The highest BCUT2D eigenvalue weighted by molar-refractivity contribution is 5.47. The molecule has 14 heavy (non-hydrogen) atoms. The molecule has 1 heterocycles. The second-order valence-electron chi connectivity index (χ2n) is 4.22. The largest absolute Gasteiger partial charge is 0.326 e. The van der Waals surface area contributed by atoms with E-state index in [-0.39, 0.29) is 5.54 Å². The number of allylic oxidation sites excluding steroid dienone is 1. The highest BCUT2D eigenvalue weighted by atomic mass is 14.7. The zero-order chi connectivity index (χ0) is 10.4. The molecule has 0 saturated carbocycles. The Balaban J connectivity index is 2.35. The molecule has 0 aliphatic carbocycles. The van der Waals surface area contributed by atoms with Crippen molar-refractivity contribution in [2.45, 2.75) is 32.2 Å². The molecule has 0 bridgehead atoms. The van der Waals surface area contributed by atoms with Crippen LogP contribution in [0.15, 0.2) is 30.6 Å². The van der Waals surface area contributed by atoms with Crippen LogP contribution in [0.2, 0.25) is 0 Å². The van der Waals surface area contributed by atoms with E-state index in [1.807, 2.05) is 32.2 Å². The van der Waals surface area contributed by atoms with Crippen molar-refractivity contribution in [1.82, 2.24) is 4.98 Å². The normalized spacial score (nSPS) is 12.2. The second-order valence-corrected chi connectivity index (χ2v) is 4.22. The van der Waals surface area contributed by atoms with E-state index in [1.54, 1.807) is 6.20 Å². The number of hydrogen-bond acceptors (Lipinski definition) is 2. The number of aromatic nitrogens is 1. The van der Waals surface area contributed by atoms with Crippen molar-refractivity contribution in [3.05, 3.63) is 36.2 Å². The van der Waals surface area contributed by atoms with Gasteiger partial charge >= 0.3 is 0 Å². The van der Waals surface area contributed by atoms with Crippen LogP contribution in [0.1, 0.15) is 32.3 Å². The number of pyridine rings is 1. The van der Waals surface area contributed by atoms with Gasteiger partial charge in [-0.2, -0.15) is 0 Å². The minimum absolute atomic E-state index is 0.0702. The third-order valence-corrected chi connectivity index (χ3v) is 1.95. The van der Waals surface area contributed by atoms with Crippen molar-refractivity contribution >= 4 is 6.08 Å². The van der Waals surface area contributed by atoms with Gasteiger partial charge in [-0.1, -0.05) is 18.2 Å². The van der Waals surface area contributed by atoms with E-state index >= 15 is 0 Å². The maximum atomic E-state index is 5.87. The highest BCUT2D eigenvalue weighted by Gasteiger charge is 2.07. The summed E-state index contributed by atoms with van der Waals surface area (Å²) in [5.74, 6) is 0. The highest BCUT2D eigenvalue weighted by Crippen LogP contribution is 2.08. The lowest BCUT2D eigenvalue weighted by atomic mass is 10.00. The Morgan fingerprint density at radius 1 is 1.50 bits per heavy atom. The molecule has 0 spiro atoms. The number of nitrogens with two attached hydrogens (primary N) is 1. The first-order chi connectivity index (χ1) is 6.58. The molecule has 0 radical (unpaired) electrons. The maximum absolute atomic E-state index is 5.87. The molecule has 1 aromatic rings. The summed E-state index contributed by atoms with van der Waals surface area (Å²) in [6, 6.07) is 3.98. The molecule has 1 rings (SSSR count). The average molecular weight is 190 g/mol. The summed E-state index contributed by atoms with van der Waals surface area (Å²) in [6.45, 7) is 4.09. The fourth-order valence-electron chi connectivity index (χ4n) is 1.15. The van der Waals surface area contributed by atoms with Crippen LogP contribution >= 0.6 is 0 Å². The van der Waals surface area contributed by atoms with E-state index in [4.69, 9.17) is 5.73 Å². The minimum atomic E-state index is -0.0702. The summed E-state index contributed by atoms with van der Waals surface area (Å²) >= 11 is 0. The molecule has 1 aromatic heterocycles. The van der Waals surface area contributed by atoms with Crippen molar-refractivity contribution in [2.75, 3.05) is 0 Å². The Hall–Kier alpha value is -1.15. The Morgan fingerprint density at radius 3 is 2.86 bits per heavy atom. The van der Waals surface area contributed by atoms with E-state index in [0.29, 0.717) is 0 Å². The third-order valence-electron chi connectivity index (χ3n) is 1.95. The summed E-state index contributed by atoms with van der Waals surface area (Å²) in [6.07, 6.45) is 9.87. The SMILES string of the molecule is CC(C)(N)CC/C=C/c1cccnc1. The van der Waals surface area contributed by atoms with Gasteiger partial charge in [0.1, 0.15) is 0 Å². The summed E-state index contributed by atoms with van der Waals surface area (Å²) in [5, 5.41) is 0. The standard InChI is InChI=1S/C12H18N2/c1-12(2,13)8-4-3-6-11-7-5-9-14-10-11/h3,5-7,9-10H,4,8,13H2,1-2H3/b6-3+. The van der Waals surface area contributed by atoms with Crippen LogP contribution in [0.5, 0.6) is 0 Å². The topological polar surface area (TPSA) is 38.9 Å². The van der Waals surface area contributed by atoms with E-state index in [9.17, 15) is 0 Å². The van der Waals surface area contributed by atoms with E-state index in [0.717, 1.165) is 18.4 Å². The summed E-state index contributed by atoms with van der Waals surface area (Å²) in [4.78, 5) is 4.04. The molecule has 0 aromatic carbocycles. The molecule has 0 saturated heterocycles. The number of rotatable bonds is 4. The molecule has 76 valence electrons. The van der Waals surface area contributed by atoms with Crippen LogP contribution in [0.4, 0.5) is 0 Å². The molecule has 0 unspecified atom stereocenters. The number of nitrogens with zero attached hydrogens (tertiary/aromatic N) is 1. The summed E-state index contributed by atoms with van der Waals surface area (Å²) in [7, 11) is 0. The van der Waals surface area contributed by atoms with Crippen molar-refractivity contribution in [1.29, 1.82) is 0 Å². The minimum Gasteiger partial charge on any atom is -0.326 e. The van der Waals surface area contributed by atoms with Crippen molar-refractivity contribution in [3.63, 3.8) is 0 Å². The Morgan fingerprint density at radius 2 is 2.29 bits per heavy atom. The molecule has 0 amide bonds. The zero-order valence-corrected chi connectivity index (χ0v) is 8.90. The Kier molecular flexibility index (Phi) is 3.84. The summed E-state index contributed by atoms with van der Waals surface area (Å²) in [5.41, 5.74) is 6.94. The second kappa shape index (κ2) is 4.91. The van der Waals surface area contributed by atoms with Crippen LogP contribution in [-0.4, -0.2) is 10.5 Å². The van der Waals surface area contributed by atoms with Crippen LogP contribution in [0, 0.1) is 0 Å². The number of hydrogen-bond donors (Lipinski definition) is 1. The lowest BCUT2D eigenvalue weighted by Crippen LogP contribution is -2.31. The van der Waals surface area contributed by atoms with Crippen molar-refractivity contribution in [2.24, 2.45) is 5.73 Å². The van der Waals surface area contributed by atoms with E-state index in [2.05, 4.69) is 17.1 Å². The van der Waals surface area contributed by atoms with Crippen LogP contribution in [0.25, 0.3) is 6.08 Å². The average Bonchev–Trinajstić information content (AvgIpc) is 2.13. The van der Waals surface area contributed by atoms with Gasteiger partial charge in [-0.05, 0) is 38.3 Å². The van der Waals surface area contributed by atoms with Crippen LogP contribution < -0.4 is 5.73 Å². The predicted octanol–water partition coefficient (Wildman–Crippen LogP) is 2.61. The molecule has 2 heteroatoms. The van der Waals surface area contributed by atoms with Gasteiger partial charge in [0, 0.05) is 17.9 Å². The lowest BCUT2D eigenvalue weighted by molar-refractivity contribution is 0.482. The molecule has 2 N–H and O–H groups in total. The smallest absolute Gasteiger partial charge is 0.0340 e. The first-order valence-electron chi connectivity index (χ1n) is 4.93. The molecule has 0 atom stereocenters. The predicted molar refractivity (Wildman–Crippen MR) is 60.8 cm³/mol. The van der Waals surface area contributed by atoms with E-state index in [1.165, 1.54) is 0 Å². The Bertz CT molecular complexity index is 283. The lowest BCUT2D eigenvalue weighted by Gasteiger charge is -2.16. The van der Waals surface area contributed by atoms with Gasteiger partial charge in [0.15, 0.2) is 0 Å². The van der Waals surface area contributed by atoms with Gasteiger partial charge in [0.25, 0.3) is 0 Å². The molecular formula is C12H18N2. The van der Waals surface area contributed by atoms with Gasteiger partial charge in [0.05, 0.1) is 0 Å². The zero-order valence-electron chi connectivity index (χ0n) is 8.90. The molecule has 2 nitrogen and oxygen atoms in total.